The third-order valence-electron chi connectivity index (χ3n) is 2.56. The molecule has 112 valence electrons. The van der Waals surface area contributed by atoms with Crippen LogP contribution in [0.1, 0.15) is 12.1 Å². The molecule has 0 unspecified atom stereocenters. The Morgan fingerprint density at radius 3 is 2.67 bits per heavy atom. The number of amides is 1. The van der Waals surface area contributed by atoms with E-state index in [1.54, 1.807) is 30.0 Å². The molecule has 1 aromatic heterocycles. The number of nitrogens with zero attached hydrogens (tertiary/aromatic N) is 1. The lowest BCUT2D eigenvalue weighted by Crippen LogP contribution is -2.12. The van der Waals surface area contributed by atoms with Gasteiger partial charge in [0.15, 0.2) is 5.13 Å². The fraction of sp³-hybridized carbons (Fsp3) is 0.231. The van der Waals surface area contributed by atoms with Crippen LogP contribution in [-0.2, 0) is 4.79 Å². The van der Waals surface area contributed by atoms with Crippen molar-refractivity contribution in [3.05, 3.63) is 33.9 Å². The first-order valence-corrected chi connectivity index (χ1v) is 8.62. The largest absolute Gasteiger partial charge is 0.375 e. The van der Waals surface area contributed by atoms with E-state index in [1.165, 1.54) is 11.3 Å². The number of nitrogens with two attached hydrogens (primary N) is 1. The van der Waals surface area contributed by atoms with Gasteiger partial charge in [-0.3, -0.25) is 4.79 Å². The number of hydrogen-bond acceptors (Lipinski definition) is 5. The summed E-state index contributed by atoms with van der Waals surface area (Å²) in [5.41, 5.74) is 6.98. The Kier molecular flexibility index (Phi) is 5.75. The molecule has 8 heteroatoms. The van der Waals surface area contributed by atoms with Crippen molar-refractivity contribution in [1.82, 2.24) is 4.98 Å². The number of aromatic nitrogens is 1. The summed E-state index contributed by atoms with van der Waals surface area (Å²) in [6, 6.07) is 5.09. The topological polar surface area (TPSA) is 68.0 Å². The first-order valence-electron chi connectivity index (χ1n) is 6.07. The van der Waals surface area contributed by atoms with E-state index in [4.69, 9.17) is 28.9 Å². The number of thioether (sulfide) groups is 1. The molecule has 3 N–H and O–H groups in total. The minimum absolute atomic E-state index is 0.132. The monoisotopic (exact) mass is 361 g/mol. The van der Waals surface area contributed by atoms with Gasteiger partial charge in [-0.2, -0.15) is 0 Å². The van der Waals surface area contributed by atoms with E-state index < -0.39 is 0 Å². The number of halogens is 2. The Morgan fingerprint density at radius 2 is 2.10 bits per heavy atom. The maximum Gasteiger partial charge on any atom is 0.225 e. The third-order valence-corrected chi connectivity index (χ3v) is 5.54. The number of nitrogens with one attached hydrogen (secondary N) is 1. The van der Waals surface area contributed by atoms with Gasteiger partial charge in [-0.25, -0.2) is 4.98 Å². The molecule has 1 heterocycles. The van der Waals surface area contributed by atoms with E-state index >= 15 is 0 Å². The van der Waals surface area contributed by atoms with Crippen LogP contribution in [0.15, 0.2) is 22.4 Å². The molecule has 0 spiro atoms. The Hall–Kier alpha value is -0.950. The fourth-order valence-corrected chi connectivity index (χ4v) is 4.12. The van der Waals surface area contributed by atoms with E-state index in [0.29, 0.717) is 33.0 Å². The number of carbonyl (C=O) groups is 1. The lowest BCUT2D eigenvalue weighted by Gasteiger charge is -2.08. The molecule has 21 heavy (non-hydrogen) atoms. The second-order valence-corrected chi connectivity index (χ2v) is 7.38. The van der Waals surface area contributed by atoms with Crippen LogP contribution in [0.3, 0.4) is 0 Å². The number of hydrogen-bond donors (Lipinski definition) is 2. The molecule has 0 aliphatic heterocycles. The van der Waals surface area contributed by atoms with Gasteiger partial charge in [0.1, 0.15) is 0 Å². The van der Waals surface area contributed by atoms with Crippen molar-refractivity contribution in [3.63, 3.8) is 0 Å². The quantitative estimate of drug-likeness (QED) is 0.771. The van der Waals surface area contributed by atoms with Gasteiger partial charge in [0.2, 0.25) is 5.91 Å². The van der Waals surface area contributed by atoms with Crippen molar-refractivity contribution in [2.45, 2.75) is 17.6 Å². The number of rotatable bonds is 5. The molecule has 0 aliphatic rings. The summed E-state index contributed by atoms with van der Waals surface area (Å²) in [5.74, 6) is 0.503. The SMILES string of the molecule is Cc1nc(N)sc1SCCC(=O)Nc1c(Cl)cccc1Cl. The normalized spacial score (nSPS) is 10.6. The van der Waals surface area contributed by atoms with Gasteiger partial charge in [-0.1, -0.05) is 40.6 Å². The minimum atomic E-state index is -0.132. The number of nitrogen functional groups attached to an aromatic ring is 1. The Labute approximate surface area is 141 Å². The Bertz CT molecular complexity index is 641. The van der Waals surface area contributed by atoms with Gasteiger partial charge in [0.05, 0.1) is 25.6 Å². The molecule has 0 aliphatic carbocycles. The molecule has 2 aromatic rings. The average Bonchev–Trinajstić information content (AvgIpc) is 2.73. The zero-order chi connectivity index (χ0) is 15.4. The molecule has 0 saturated heterocycles. The van der Waals surface area contributed by atoms with E-state index in [9.17, 15) is 4.79 Å². The van der Waals surface area contributed by atoms with Gasteiger partial charge in [-0.15, -0.1) is 11.8 Å². The van der Waals surface area contributed by atoms with Crippen molar-refractivity contribution in [3.8, 4) is 0 Å². The zero-order valence-electron chi connectivity index (χ0n) is 11.2. The lowest BCUT2D eigenvalue weighted by molar-refractivity contribution is -0.115. The maximum atomic E-state index is 11.9. The van der Waals surface area contributed by atoms with Gasteiger partial charge >= 0.3 is 0 Å². The summed E-state index contributed by atoms with van der Waals surface area (Å²) in [4.78, 5) is 16.1. The summed E-state index contributed by atoms with van der Waals surface area (Å²) in [5, 5.41) is 4.13. The highest BCUT2D eigenvalue weighted by Gasteiger charge is 2.11. The summed E-state index contributed by atoms with van der Waals surface area (Å²) in [6.45, 7) is 1.90. The van der Waals surface area contributed by atoms with Crippen molar-refractivity contribution < 1.29 is 4.79 Å². The molecule has 1 aromatic carbocycles. The molecule has 1 amide bonds. The third kappa shape index (κ3) is 4.51. The van der Waals surface area contributed by atoms with Crippen LogP contribution in [0, 0.1) is 6.92 Å². The Morgan fingerprint density at radius 1 is 1.43 bits per heavy atom. The van der Waals surface area contributed by atoms with E-state index in [0.717, 1.165) is 9.90 Å². The average molecular weight is 362 g/mol. The molecule has 4 nitrogen and oxygen atoms in total. The van der Waals surface area contributed by atoms with Crippen LogP contribution in [0.5, 0.6) is 0 Å². The van der Waals surface area contributed by atoms with Crippen molar-refractivity contribution >= 4 is 63.0 Å². The van der Waals surface area contributed by atoms with Gasteiger partial charge in [0.25, 0.3) is 0 Å². The summed E-state index contributed by atoms with van der Waals surface area (Å²) >= 11 is 15.0. The molecule has 0 fully saturated rings. The maximum absolute atomic E-state index is 11.9. The van der Waals surface area contributed by atoms with E-state index in [1.807, 2.05) is 6.92 Å². The summed E-state index contributed by atoms with van der Waals surface area (Å²) in [7, 11) is 0. The first-order chi connectivity index (χ1) is 9.97. The summed E-state index contributed by atoms with van der Waals surface area (Å²) in [6.07, 6.45) is 0.351. The zero-order valence-corrected chi connectivity index (χ0v) is 14.3. The van der Waals surface area contributed by atoms with Crippen molar-refractivity contribution in [2.24, 2.45) is 0 Å². The molecule has 0 saturated carbocycles. The number of anilines is 2. The smallest absolute Gasteiger partial charge is 0.225 e. The second-order valence-electron chi connectivity index (χ2n) is 4.17. The van der Waals surface area contributed by atoms with Crippen LogP contribution >= 0.6 is 46.3 Å². The second kappa shape index (κ2) is 7.35. The van der Waals surface area contributed by atoms with Crippen LogP contribution < -0.4 is 11.1 Å². The summed E-state index contributed by atoms with van der Waals surface area (Å²) < 4.78 is 1.04. The molecular weight excluding hydrogens is 349 g/mol. The number of carbonyl (C=O) groups excluding carboxylic acids is 1. The predicted octanol–water partition coefficient (Wildman–Crippen LogP) is 4.46. The van der Waals surface area contributed by atoms with E-state index in [-0.39, 0.29) is 5.91 Å². The molecular formula is C13H13Cl2N3OS2. The van der Waals surface area contributed by atoms with Crippen LogP contribution in [-0.4, -0.2) is 16.6 Å². The first kappa shape index (κ1) is 16.4. The molecule has 2 rings (SSSR count). The molecule has 0 bridgehead atoms. The highest BCUT2D eigenvalue weighted by molar-refractivity contribution is 8.01. The number of benzene rings is 1. The van der Waals surface area contributed by atoms with Gasteiger partial charge < -0.3 is 11.1 Å². The Balaban J connectivity index is 1.87. The minimum Gasteiger partial charge on any atom is -0.375 e. The molecule has 0 radical (unpaired) electrons. The van der Waals surface area contributed by atoms with Gasteiger partial charge in [0, 0.05) is 12.2 Å². The standard InChI is InChI=1S/C13H13Cl2N3OS2/c1-7-12(21-13(16)17-7)20-6-5-10(19)18-11-8(14)3-2-4-9(11)15/h2-4H,5-6H2,1H3,(H2,16,17)(H,18,19). The van der Waals surface area contributed by atoms with Crippen LogP contribution in [0.25, 0.3) is 0 Å². The van der Waals surface area contributed by atoms with Crippen molar-refractivity contribution in [1.29, 1.82) is 0 Å². The predicted molar refractivity (Wildman–Crippen MR) is 91.7 cm³/mol. The fourth-order valence-electron chi connectivity index (χ4n) is 1.59. The number of aryl methyl sites for hydroxylation is 1. The highest BCUT2D eigenvalue weighted by Crippen LogP contribution is 2.32. The molecule has 0 atom stereocenters. The highest BCUT2D eigenvalue weighted by atomic mass is 35.5. The number of para-hydroxylation sites is 1. The van der Waals surface area contributed by atoms with Gasteiger partial charge in [-0.05, 0) is 19.1 Å². The lowest BCUT2D eigenvalue weighted by atomic mass is 10.3. The number of thiazole rings is 1. The van der Waals surface area contributed by atoms with E-state index in [2.05, 4.69) is 10.3 Å². The van der Waals surface area contributed by atoms with Crippen LogP contribution in [0.4, 0.5) is 10.8 Å². The van der Waals surface area contributed by atoms with Crippen molar-refractivity contribution in [2.75, 3.05) is 16.8 Å². The van der Waals surface area contributed by atoms with Crippen LogP contribution in [0.2, 0.25) is 10.0 Å².